The number of phosphoric ester groups is 1. The minimum absolute atomic E-state index is 0.0359. The highest BCUT2D eigenvalue weighted by atomic mass is 127. The van der Waals surface area contributed by atoms with Gasteiger partial charge >= 0.3 is 27.6 Å². The quantitative estimate of drug-likeness (QED) is 0.481. The van der Waals surface area contributed by atoms with Gasteiger partial charge in [-0.2, -0.15) is 0 Å². The summed E-state index contributed by atoms with van der Waals surface area (Å²) in [5, 5.41) is 8.55. The topological polar surface area (TPSA) is 130 Å². The van der Waals surface area contributed by atoms with Gasteiger partial charge in [0.2, 0.25) is 0 Å². The molecule has 0 heterocycles. The molecule has 0 saturated heterocycles. The zero-order valence-electron chi connectivity index (χ0n) is 8.85. The first-order valence-corrected chi connectivity index (χ1v) is 8.88. The number of hydrogen-bond donors (Lipinski definition) is 3. The molecule has 1 rings (SSSR count). The molecule has 0 aromatic heterocycles. The average molecular weight is 392 g/mol. The molecule has 1 aromatic carbocycles. The number of halogens is 1. The van der Waals surface area contributed by atoms with Crippen LogP contribution in [0.5, 0.6) is 11.5 Å². The van der Waals surface area contributed by atoms with Crippen molar-refractivity contribution in [3.8, 4) is 11.5 Å². The molecule has 0 amide bonds. The first-order valence-electron chi connectivity index (χ1n) is 4.51. The maximum absolute atomic E-state index is 10.9. The Morgan fingerprint density at radius 1 is 1.28 bits per heavy atom. The van der Waals surface area contributed by atoms with Crippen LogP contribution in [0, 0.1) is 3.57 Å². The van der Waals surface area contributed by atoms with Gasteiger partial charge in [0.25, 0.3) is 0 Å². The third kappa shape index (κ3) is 4.86. The van der Waals surface area contributed by atoms with Gasteiger partial charge < -0.3 is 14.4 Å². The minimum Gasteiger partial charge on any atom is -0.491 e. The Hall–Kier alpha value is -0.740. The lowest BCUT2D eigenvalue weighted by molar-refractivity contribution is 0.201. The van der Waals surface area contributed by atoms with E-state index in [1.165, 1.54) is 6.07 Å². The maximum Gasteiger partial charge on any atom is 0.524 e. The van der Waals surface area contributed by atoms with E-state index in [1.54, 1.807) is 0 Å². The van der Waals surface area contributed by atoms with Crippen LogP contribution in [0.3, 0.4) is 0 Å². The van der Waals surface area contributed by atoms with Crippen molar-refractivity contribution < 1.29 is 34.9 Å². The van der Waals surface area contributed by atoms with E-state index in [0.29, 0.717) is 0 Å². The molecule has 0 aliphatic rings. The molecule has 8 nitrogen and oxygen atoms in total. The highest BCUT2D eigenvalue weighted by Gasteiger charge is 2.21. The van der Waals surface area contributed by atoms with Crippen LogP contribution in [-0.4, -0.2) is 28.1 Å². The van der Waals surface area contributed by atoms with Gasteiger partial charge in [0.15, 0.2) is 5.75 Å². The second-order valence-corrected chi connectivity index (χ2v) is 6.53. The number of aliphatic hydroxyl groups excluding tert-OH is 1. The fraction of sp³-hybridized carbons (Fsp3) is 0.250. The summed E-state index contributed by atoms with van der Waals surface area (Å²) in [7, 11) is -4.86. The molecule has 0 aliphatic heterocycles. The van der Waals surface area contributed by atoms with Crippen molar-refractivity contribution in [2.45, 2.75) is 0 Å². The second-order valence-electron chi connectivity index (χ2n) is 2.96. The van der Waals surface area contributed by atoms with Crippen molar-refractivity contribution in [1.29, 1.82) is 0 Å². The smallest absolute Gasteiger partial charge is 0.491 e. The number of ether oxygens (including phenoxy) is 1. The lowest BCUT2D eigenvalue weighted by Crippen LogP contribution is -2.02. The minimum atomic E-state index is -4.86. The summed E-state index contributed by atoms with van der Waals surface area (Å²) < 4.78 is 41.6. The van der Waals surface area contributed by atoms with Crippen LogP contribution in [-0.2, 0) is 10.7 Å². The summed E-state index contributed by atoms with van der Waals surface area (Å²) in [6.07, 6.45) is 0. The van der Waals surface area contributed by atoms with Gasteiger partial charge in [0.05, 0.1) is 6.61 Å². The predicted octanol–water partition coefficient (Wildman–Crippen LogP) is 0.896. The Labute approximate surface area is 109 Å². The van der Waals surface area contributed by atoms with Crippen LogP contribution in [0.1, 0.15) is 0 Å². The number of benzene rings is 1. The number of hydrogen-bond acceptors (Lipinski definition) is 6. The average Bonchev–Trinajstić information content (AvgIpc) is 2.23. The predicted molar refractivity (Wildman–Crippen MR) is 65.8 cm³/mol. The summed E-state index contributed by atoms with van der Waals surface area (Å²) in [5.74, 6) is -0.331. The Morgan fingerprint density at radius 3 is 2.44 bits per heavy atom. The molecule has 18 heavy (non-hydrogen) atoms. The molecule has 1 aromatic rings. The van der Waals surface area contributed by atoms with Gasteiger partial charge in [0, 0.05) is 6.07 Å². The van der Waals surface area contributed by atoms with Crippen LogP contribution in [0.25, 0.3) is 0 Å². The summed E-state index contributed by atoms with van der Waals surface area (Å²) in [5.41, 5.74) is 0. The van der Waals surface area contributed by atoms with Gasteiger partial charge in [-0.3, -0.25) is 9.79 Å². The van der Waals surface area contributed by atoms with E-state index in [0.717, 1.165) is 12.1 Å². The summed E-state index contributed by atoms with van der Waals surface area (Å²) in [6.45, 7) is -0.288. The molecule has 102 valence electrons. The largest absolute Gasteiger partial charge is 0.524 e. The van der Waals surface area contributed by atoms with E-state index >= 15 is 0 Å². The van der Waals surface area contributed by atoms with E-state index < -0.39 is 33.4 Å². The number of rotatable bonds is 6. The van der Waals surface area contributed by atoms with Gasteiger partial charge in [-0.15, -0.1) is 0 Å². The maximum atomic E-state index is 10.9. The van der Waals surface area contributed by atoms with Crippen LogP contribution in [0.4, 0.5) is 0 Å². The molecule has 0 saturated carbocycles. The van der Waals surface area contributed by atoms with Crippen LogP contribution >= 0.6 is 27.6 Å². The highest BCUT2D eigenvalue weighted by molar-refractivity contribution is 14.2. The zero-order chi connectivity index (χ0) is 13.8. The monoisotopic (exact) mass is 392 g/mol. The van der Waals surface area contributed by atoms with Crippen molar-refractivity contribution in [3.63, 3.8) is 0 Å². The molecule has 0 atom stereocenters. The number of aliphatic hydroxyl groups is 1. The fourth-order valence-corrected chi connectivity index (χ4v) is 2.82. The van der Waals surface area contributed by atoms with Crippen molar-refractivity contribution in [2.24, 2.45) is 0 Å². The SMILES string of the molecule is O=I(=O)c1ccc(OCCO)cc1OP(=O)(O)O. The van der Waals surface area contributed by atoms with Crippen LogP contribution in [0.15, 0.2) is 18.2 Å². The molecule has 0 fully saturated rings. The molecule has 0 unspecified atom stereocenters. The van der Waals surface area contributed by atoms with E-state index in [-0.39, 0.29) is 22.5 Å². The molecular formula is C8H10IO8P. The lowest BCUT2D eigenvalue weighted by atomic mass is 10.3. The Morgan fingerprint density at radius 2 is 1.94 bits per heavy atom. The van der Waals surface area contributed by atoms with Crippen molar-refractivity contribution in [2.75, 3.05) is 13.2 Å². The first kappa shape index (κ1) is 15.3. The molecule has 0 radical (unpaired) electrons. The first-order chi connectivity index (χ1) is 8.33. The van der Waals surface area contributed by atoms with E-state index in [2.05, 4.69) is 4.52 Å². The molecule has 10 heteroatoms. The third-order valence-electron chi connectivity index (χ3n) is 1.65. The van der Waals surface area contributed by atoms with E-state index in [1.807, 2.05) is 0 Å². The van der Waals surface area contributed by atoms with Crippen molar-refractivity contribution in [3.05, 3.63) is 21.8 Å². The normalized spacial score (nSPS) is 11.6. The van der Waals surface area contributed by atoms with Gasteiger partial charge in [0.1, 0.15) is 15.9 Å². The summed E-state index contributed by atoms with van der Waals surface area (Å²) in [4.78, 5) is 17.3. The molecule has 3 N–H and O–H groups in total. The van der Waals surface area contributed by atoms with Gasteiger partial charge in [-0.1, -0.05) is 0 Å². The highest BCUT2D eigenvalue weighted by Crippen LogP contribution is 2.42. The summed E-state index contributed by atoms with van der Waals surface area (Å²) in [6, 6.07) is 3.48. The Balaban J connectivity index is 3.11. The number of phosphoric acid groups is 1. The molecular weight excluding hydrogens is 382 g/mol. The van der Waals surface area contributed by atoms with Crippen molar-refractivity contribution in [1.82, 2.24) is 0 Å². The Bertz CT molecular complexity index is 526. The van der Waals surface area contributed by atoms with E-state index in [4.69, 9.17) is 19.6 Å². The third-order valence-corrected chi connectivity index (χ3v) is 3.92. The van der Waals surface area contributed by atoms with Crippen LogP contribution in [0.2, 0.25) is 0 Å². The molecule has 0 bridgehead atoms. The van der Waals surface area contributed by atoms with Gasteiger partial charge in [-0.05, 0) is 12.1 Å². The fourth-order valence-electron chi connectivity index (χ4n) is 1.06. The molecule has 0 aliphatic carbocycles. The lowest BCUT2D eigenvalue weighted by Gasteiger charge is -2.10. The van der Waals surface area contributed by atoms with Crippen molar-refractivity contribution >= 4 is 27.6 Å². The van der Waals surface area contributed by atoms with E-state index in [9.17, 15) is 10.7 Å². The molecule has 0 spiro atoms. The van der Waals surface area contributed by atoms with Gasteiger partial charge in [-0.25, -0.2) is 10.7 Å². The summed E-state index contributed by atoms with van der Waals surface area (Å²) >= 11 is -3.95. The second kappa shape index (κ2) is 6.43. The standard InChI is InChI=1S/C8H10IO8P/c10-3-4-16-6-1-2-7(9(11)12)8(5-6)17-18(13,14)15/h1-2,5,10H,3-4H2,(H2,13,14,15). The Kier molecular flexibility index (Phi) is 5.47. The zero-order valence-corrected chi connectivity index (χ0v) is 11.9. The van der Waals surface area contributed by atoms with Crippen LogP contribution < -0.4 is 9.26 Å².